The molecule has 0 spiro atoms. The Bertz CT molecular complexity index is 613. The quantitative estimate of drug-likeness (QED) is 0.768. The van der Waals surface area contributed by atoms with Crippen molar-refractivity contribution in [2.75, 3.05) is 19.8 Å². The first-order valence-electron chi connectivity index (χ1n) is 7.60. The molecule has 4 nitrogen and oxygen atoms in total. The van der Waals surface area contributed by atoms with Crippen molar-refractivity contribution in [2.24, 2.45) is 0 Å². The molecule has 0 radical (unpaired) electrons. The summed E-state index contributed by atoms with van der Waals surface area (Å²) in [4.78, 5) is 0. The lowest BCUT2D eigenvalue weighted by molar-refractivity contribution is -0.165. The predicted octanol–water partition coefficient (Wildman–Crippen LogP) is 3.26. The summed E-state index contributed by atoms with van der Waals surface area (Å²) in [6.45, 7) is 2.25. The van der Waals surface area contributed by atoms with Crippen molar-refractivity contribution < 1.29 is 18.9 Å². The SMILES string of the molecule is c1cc(-c2ccc(OC3CCO3)cc2)ccc1OCC1CO1. The van der Waals surface area contributed by atoms with E-state index >= 15 is 0 Å². The van der Waals surface area contributed by atoms with Crippen LogP contribution in [0.25, 0.3) is 11.1 Å². The summed E-state index contributed by atoms with van der Waals surface area (Å²) >= 11 is 0. The Morgan fingerprint density at radius 1 is 0.864 bits per heavy atom. The molecule has 114 valence electrons. The zero-order valence-electron chi connectivity index (χ0n) is 12.2. The van der Waals surface area contributed by atoms with E-state index < -0.39 is 0 Å². The molecular weight excluding hydrogens is 280 g/mol. The lowest BCUT2D eigenvalue weighted by Gasteiger charge is -2.26. The maximum absolute atomic E-state index is 5.67. The van der Waals surface area contributed by atoms with Gasteiger partial charge in [0.05, 0.1) is 13.2 Å². The summed E-state index contributed by atoms with van der Waals surface area (Å²) in [5, 5.41) is 0. The number of hydrogen-bond acceptors (Lipinski definition) is 4. The van der Waals surface area contributed by atoms with Gasteiger partial charge in [-0.2, -0.15) is 0 Å². The number of rotatable bonds is 6. The second-order valence-electron chi connectivity index (χ2n) is 5.52. The van der Waals surface area contributed by atoms with Crippen LogP contribution in [0.2, 0.25) is 0 Å². The van der Waals surface area contributed by atoms with E-state index in [0.717, 1.165) is 42.3 Å². The van der Waals surface area contributed by atoms with Gasteiger partial charge < -0.3 is 18.9 Å². The molecule has 2 aliphatic heterocycles. The third-order valence-electron chi connectivity index (χ3n) is 3.81. The van der Waals surface area contributed by atoms with Crippen LogP contribution in [0.1, 0.15) is 6.42 Å². The van der Waals surface area contributed by atoms with E-state index in [2.05, 4.69) is 24.3 Å². The molecule has 2 heterocycles. The molecule has 2 aromatic carbocycles. The lowest BCUT2D eigenvalue weighted by atomic mass is 10.1. The van der Waals surface area contributed by atoms with Crippen molar-refractivity contribution >= 4 is 0 Å². The minimum atomic E-state index is -0.0715. The van der Waals surface area contributed by atoms with E-state index in [-0.39, 0.29) is 12.4 Å². The van der Waals surface area contributed by atoms with Crippen LogP contribution in [-0.2, 0) is 9.47 Å². The van der Waals surface area contributed by atoms with Gasteiger partial charge in [-0.05, 0) is 35.4 Å². The van der Waals surface area contributed by atoms with E-state index in [1.54, 1.807) is 0 Å². The van der Waals surface area contributed by atoms with Crippen molar-refractivity contribution in [1.29, 1.82) is 0 Å². The first kappa shape index (κ1) is 13.6. The lowest BCUT2D eigenvalue weighted by Crippen LogP contribution is -2.32. The molecule has 4 rings (SSSR count). The molecule has 0 aromatic heterocycles. The fraction of sp³-hybridized carbons (Fsp3) is 0.333. The Morgan fingerprint density at radius 3 is 1.95 bits per heavy atom. The van der Waals surface area contributed by atoms with Gasteiger partial charge in [-0.3, -0.25) is 0 Å². The van der Waals surface area contributed by atoms with Crippen LogP contribution in [0.3, 0.4) is 0 Å². The van der Waals surface area contributed by atoms with Crippen molar-refractivity contribution in [3.63, 3.8) is 0 Å². The molecule has 2 fully saturated rings. The van der Waals surface area contributed by atoms with Gasteiger partial charge in [0.2, 0.25) is 6.29 Å². The first-order valence-corrected chi connectivity index (χ1v) is 7.60. The van der Waals surface area contributed by atoms with Gasteiger partial charge in [0.1, 0.15) is 24.2 Å². The summed E-state index contributed by atoms with van der Waals surface area (Å²) < 4.78 is 21.7. The molecule has 0 amide bonds. The molecule has 0 aliphatic carbocycles. The van der Waals surface area contributed by atoms with Crippen LogP contribution in [-0.4, -0.2) is 32.2 Å². The van der Waals surface area contributed by atoms with Gasteiger partial charge in [0.15, 0.2) is 0 Å². The molecule has 0 N–H and O–H groups in total. The molecule has 2 saturated heterocycles. The maximum Gasteiger partial charge on any atom is 0.202 e. The summed E-state index contributed by atoms with van der Waals surface area (Å²) in [5.74, 6) is 1.72. The summed E-state index contributed by atoms with van der Waals surface area (Å²) in [7, 11) is 0. The van der Waals surface area contributed by atoms with Crippen molar-refractivity contribution in [3.8, 4) is 22.6 Å². The summed E-state index contributed by atoms with van der Waals surface area (Å²) in [6.07, 6.45) is 1.18. The molecule has 2 atom stereocenters. The molecule has 2 unspecified atom stereocenters. The smallest absolute Gasteiger partial charge is 0.202 e. The number of epoxide rings is 1. The molecule has 2 aliphatic rings. The van der Waals surface area contributed by atoms with E-state index in [1.165, 1.54) is 0 Å². The van der Waals surface area contributed by atoms with Crippen LogP contribution < -0.4 is 9.47 Å². The van der Waals surface area contributed by atoms with Crippen LogP contribution in [0.15, 0.2) is 48.5 Å². The van der Waals surface area contributed by atoms with E-state index in [9.17, 15) is 0 Å². The van der Waals surface area contributed by atoms with Gasteiger partial charge in [0, 0.05) is 6.42 Å². The number of benzene rings is 2. The van der Waals surface area contributed by atoms with Gasteiger partial charge in [-0.25, -0.2) is 0 Å². The highest BCUT2D eigenvalue weighted by molar-refractivity contribution is 5.64. The molecule has 2 aromatic rings. The van der Waals surface area contributed by atoms with Crippen LogP contribution >= 0.6 is 0 Å². The zero-order chi connectivity index (χ0) is 14.8. The number of ether oxygens (including phenoxy) is 4. The third kappa shape index (κ3) is 3.24. The highest BCUT2D eigenvalue weighted by atomic mass is 16.7. The van der Waals surface area contributed by atoms with Gasteiger partial charge >= 0.3 is 0 Å². The van der Waals surface area contributed by atoms with Gasteiger partial charge in [-0.15, -0.1) is 0 Å². The van der Waals surface area contributed by atoms with Crippen LogP contribution in [0.4, 0.5) is 0 Å². The molecule has 4 heteroatoms. The van der Waals surface area contributed by atoms with E-state index in [0.29, 0.717) is 6.61 Å². The average molecular weight is 298 g/mol. The molecule has 0 bridgehead atoms. The monoisotopic (exact) mass is 298 g/mol. The molecular formula is C18H18O4. The molecule has 22 heavy (non-hydrogen) atoms. The Kier molecular flexibility index (Phi) is 3.70. The normalized spacial score (nSPS) is 22.7. The fourth-order valence-corrected chi connectivity index (χ4v) is 2.28. The van der Waals surface area contributed by atoms with Crippen molar-refractivity contribution in [2.45, 2.75) is 18.8 Å². The fourth-order valence-electron chi connectivity index (χ4n) is 2.28. The zero-order valence-corrected chi connectivity index (χ0v) is 12.2. The van der Waals surface area contributed by atoms with Crippen molar-refractivity contribution in [1.82, 2.24) is 0 Å². The van der Waals surface area contributed by atoms with Crippen LogP contribution in [0.5, 0.6) is 11.5 Å². The predicted molar refractivity (Wildman–Crippen MR) is 82.1 cm³/mol. The minimum absolute atomic E-state index is 0.0715. The van der Waals surface area contributed by atoms with Crippen molar-refractivity contribution in [3.05, 3.63) is 48.5 Å². The first-order chi connectivity index (χ1) is 10.9. The van der Waals surface area contributed by atoms with Gasteiger partial charge in [-0.1, -0.05) is 24.3 Å². The Morgan fingerprint density at radius 2 is 1.45 bits per heavy atom. The van der Waals surface area contributed by atoms with Crippen LogP contribution in [0, 0.1) is 0 Å². The Balaban J connectivity index is 1.39. The van der Waals surface area contributed by atoms with Gasteiger partial charge in [0.25, 0.3) is 0 Å². The summed E-state index contributed by atoms with van der Waals surface area (Å²) in [6, 6.07) is 16.2. The second kappa shape index (κ2) is 5.99. The highest BCUT2D eigenvalue weighted by Crippen LogP contribution is 2.26. The second-order valence-corrected chi connectivity index (χ2v) is 5.52. The number of hydrogen-bond donors (Lipinski definition) is 0. The topological polar surface area (TPSA) is 40.2 Å². The maximum atomic E-state index is 5.67. The standard InChI is InChI=1S/C18H18O4/c1-5-15(20-11-17-12-21-17)6-2-13(1)14-3-7-16(8-4-14)22-18-9-10-19-18/h1-8,17-18H,9-12H2. The Labute approximate surface area is 129 Å². The van der Waals surface area contributed by atoms with E-state index in [4.69, 9.17) is 18.9 Å². The Hall–Kier alpha value is -2.04. The van der Waals surface area contributed by atoms with E-state index in [1.807, 2.05) is 24.3 Å². The highest BCUT2D eigenvalue weighted by Gasteiger charge is 2.23. The third-order valence-corrected chi connectivity index (χ3v) is 3.81. The summed E-state index contributed by atoms with van der Waals surface area (Å²) in [5.41, 5.74) is 2.31. The average Bonchev–Trinajstić information content (AvgIpc) is 3.34. The minimum Gasteiger partial charge on any atom is -0.491 e. The molecule has 0 saturated carbocycles. The largest absolute Gasteiger partial charge is 0.491 e.